The first kappa shape index (κ1) is 24.6. The predicted molar refractivity (Wildman–Crippen MR) is 131 cm³/mol. The van der Waals surface area contributed by atoms with Gasteiger partial charge in [0, 0.05) is 22.2 Å². The molecule has 0 saturated heterocycles. The molecule has 11 heteroatoms. The second kappa shape index (κ2) is 9.99. The summed E-state index contributed by atoms with van der Waals surface area (Å²) < 4.78 is 32.8. The van der Waals surface area contributed by atoms with E-state index in [1.165, 1.54) is 36.5 Å². The summed E-state index contributed by atoms with van der Waals surface area (Å²) >= 11 is 11.7. The van der Waals surface area contributed by atoms with E-state index < -0.39 is 22.1 Å². The Bertz CT molecular complexity index is 1530. The third kappa shape index (κ3) is 5.27. The summed E-state index contributed by atoms with van der Waals surface area (Å²) in [5.41, 5.74) is 3.63. The van der Waals surface area contributed by atoms with E-state index >= 15 is 0 Å². The van der Waals surface area contributed by atoms with Gasteiger partial charge in [-0.25, -0.2) is 22.0 Å². The molecule has 1 amide bonds. The van der Waals surface area contributed by atoms with Crippen LogP contribution in [0.25, 0.3) is 10.9 Å². The SMILES string of the molecule is Cc1ccc2c(COC(=O)NOC(=O)c3ccc(Cl)cc3Cl)cn(S(=O)(=O)c3ccccc3)c2c1. The molecule has 180 valence electrons. The van der Waals surface area contributed by atoms with Crippen LogP contribution in [0.4, 0.5) is 4.79 Å². The van der Waals surface area contributed by atoms with Crippen LogP contribution in [0.5, 0.6) is 0 Å². The number of aromatic nitrogens is 1. The van der Waals surface area contributed by atoms with Crippen molar-refractivity contribution in [2.24, 2.45) is 0 Å². The third-order valence-corrected chi connectivity index (χ3v) is 7.28. The molecule has 0 fully saturated rings. The van der Waals surface area contributed by atoms with Crippen LogP contribution in [0.2, 0.25) is 10.0 Å². The van der Waals surface area contributed by atoms with Crippen LogP contribution >= 0.6 is 23.2 Å². The number of hydroxylamine groups is 1. The lowest BCUT2D eigenvalue weighted by Crippen LogP contribution is -2.27. The highest BCUT2D eigenvalue weighted by Gasteiger charge is 2.22. The van der Waals surface area contributed by atoms with Crippen LogP contribution in [0, 0.1) is 6.92 Å². The fraction of sp³-hybridized carbons (Fsp3) is 0.0833. The topological polar surface area (TPSA) is 104 Å². The average molecular weight is 533 g/mol. The molecule has 0 bridgehead atoms. The molecule has 1 aromatic heterocycles. The van der Waals surface area contributed by atoms with E-state index in [0.29, 0.717) is 21.5 Å². The van der Waals surface area contributed by atoms with E-state index in [1.807, 2.05) is 18.5 Å². The second-order valence-electron chi connectivity index (χ2n) is 7.48. The van der Waals surface area contributed by atoms with Gasteiger partial charge < -0.3 is 9.57 Å². The van der Waals surface area contributed by atoms with Gasteiger partial charge in [-0.3, -0.25) is 0 Å². The Morgan fingerprint density at radius 1 is 1.00 bits per heavy atom. The van der Waals surface area contributed by atoms with Crippen LogP contribution in [-0.4, -0.2) is 24.5 Å². The highest BCUT2D eigenvalue weighted by atomic mass is 35.5. The van der Waals surface area contributed by atoms with Gasteiger partial charge in [-0.1, -0.05) is 53.5 Å². The van der Waals surface area contributed by atoms with E-state index in [-0.39, 0.29) is 22.1 Å². The largest absolute Gasteiger partial charge is 0.443 e. The molecule has 8 nitrogen and oxygen atoms in total. The first-order valence-corrected chi connectivity index (χ1v) is 12.4. The summed E-state index contributed by atoms with van der Waals surface area (Å²) in [7, 11) is -3.89. The Balaban J connectivity index is 1.51. The molecular weight excluding hydrogens is 515 g/mol. The summed E-state index contributed by atoms with van der Waals surface area (Å²) in [4.78, 5) is 29.1. The maximum absolute atomic E-state index is 13.2. The number of benzene rings is 3. The smallest absolute Gasteiger partial charge is 0.441 e. The number of halogens is 2. The molecule has 3 aromatic carbocycles. The zero-order valence-corrected chi connectivity index (χ0v) is 20.5. The molecule has 0 unspecified atom stereocenters. The number of amides is 1. The minimum atomic E-state index is -3.89. The van der Waals surface area contributed by atoms with Gasteiger partial charge in [0.25, 0.3) is 10.0 Å². The van der Waals surface area contributed by atoms with Crippen molar-refractivity contribution >= 4 is 56.2 Å². The van der Waals surface area contributed by atoms with Crippen LogP contribution < -0.4 is 5.48 Å². The van der Waals surface area contributed by atoms with Gasteiger partial charge in [-0.05, 0) is 48.9 Å². The first-order chi connectivity index (χ1) is 16.7. The monoisotopic (exact) mass is 532 g/mol. The maximum Gasteiger partial charge on any atom is 0.441 e. The van der Waals surface area contributed by atoms with E-state index in [1.54, 1.807) is 30.3 Å². The van der Waals surface area contributed by atoms with Crippen LogP contribution in [0.15, 0.2) is 77.8 Å². The van der Waals surface area contributed by atoms with Crippen molar-refractivity contribution in [1.29, 1.82) is 0 Å². The summed E-state index contributed by atoms with van der Waals surface area (Å²) in [6.45, 7) is 1.57. The van der Waals surface area contributed by atoms with Gasteiger partial charge in [0.15, 0.2) is 0 Å². The number of fused-ring (bicyclic) bond motifs is 1. The fourth-order valence-corrected chi connectivity index (χ4v) is 5.26. The van der Waals surface area contributed by atoms with Crippen molar-refractivity contribution in [3.8, 4) is 0 Å². The number of carbonyl (C=O) groups is 2. The lowest BCUT2D eigenvalue weighted by Gasteiger charge is -2.08. The van der Waals surface area contributed by atoms with Crippen LogP contribution in [0.3, 0.4) is 0 Å². The Kier molecular flexibility index (Phi) is 7.02. The molecule has 4 rings (SSSR count). The number of rotatable bonds is 5. The highest BCUT2D eigenvalue weighted by Crippen LogP contribution is 2.28. The summed E-state index contributed by atoms with van der Waals surface area (Å²) in [5.74, 6) is -0.912. The Morgan fingerprint density at radius 2 is 1.74 bits per heavy atom. The van der Waals surface area contributed by atoms with Crippen molar-refractivity contribution in [1.82, 2.24) is 9.45 Å². The standard InChI is InChI=1S/C24H18Cl2N2O6S/c1-15-7-9-19-16(13-28(22(19)11-15)35(31,32)18-5-3-2-4-6-18)14-33-24(30)27-34-23(29)20-10-8-17(25)12-21(20)26/h2-13H,14H2,1H3,(H,27,30). The molecule has 0 radical (unpaired) electrons. The zero-order valence-electron chi connectivity index (χ0n) is 18.2. The molecule has 1 N–H and O–H groups in total. The van der Waals surface area contributed by atoms with Crippen molar-refractivity contribution < 1.29 is 27.6 Å². The van der Waals surface area contributed by atoms with Crippen molar-refractivity contribution in [2.75, 3.05) is 0 Å². The molecule has 1 heterocycles. The van der Waals surface area contributed by atoms with E-state index in [9.17, 15) is 18.0 Å². The molecule has 0 atom stereocenters. The number of carbonyl (C=O) groups excluding carboxylic acids is 2. The molecular formula is C24H18Cl2N2O6S. The minimum absolute atomic E-state index is 0.000857. The highest BCUT2D eigenvalue weighted by molar-refractivity contribution is 7.90. The maximum atomic E-state index is 13.2. The third-order valence-electron chi connectivity index (χ3n) is 5.05. The summed E-state index contributed by atoms with van der Waals surface area (Å²) in [6, 6.07) is 17.5. The molecule has 0 aliphatic rings. The number of nitrogens with one attached hydrogen (secondary N) is 1. The van der Waals surface area contributed by atoms with E-state index in [0.717, 1.165) is 9.54 Å². The molecule has 0 saturated carbocycles. The number of nitrogens with zero attached hydrogens (tertiary/aromatic N) is 1. The summed E-state index contributed by atoms with van der Waals surface area (Å²) in [5, 5.41) is 0.982. The lowest BCUT2D eigenvalue weighted by molar-refractivity contribution is 0.0198. The van der Waals surface area contributed by atoms with Gasteiger partial charge >= 0.3 is 12.1 Å². The number of aryl methyl sites for hydroxylation is 1. The van der Waals surface area contributed by atoms with Crippen molar-refractivity contribution in [3.63, 3.8) is 0 Å². The molecule has 0 spiro atoms. The van der Waals surface area contributed by atoms with Crippen LogP contribution in [-0.2, 0) is 26.2 Å². The zero-order chi connectivity index (χ0) is 25.2. The predicted octanol–water partition coefficient (Wildman–Crippen LogP) is 5.49. The van der Waals surface area contributed by atoms with Crippen molar-refractivity contribution in [3.05, 3.63) is 99.7 Å². The average Bonchev–Trinajstić information content (AvgIpc) is 3.20. The minimum Gasteiger partial charge on any atom is -0.443 e. The van der Waals surface area contributed by atoms with Crippen molar-refractivity contribution in [2.45, 2.75) is 18.4 Å². The Hall–Kier alpha value is -3.53. The van der Waals surface area contributed by atoms with Crippen LogP contribution in [0.1, 0.15) is 21.5 Å². The second-order valence-corrected chi connectivity index (χ2v) is 10.1. The lowest BCUT2D eigenvalue weighted by atomic mass is 10.1. The quantitative estimate of drug-likeness (QED) is 0.340. The summed E-state index contributed by atoms with van der Waals surface area (Å²) in [6.07, 6.45) is 0.349. The molecule has 0 aliphatic carbocycles. The van der Waals surface area contributed by atoms with Gasteiger partial charge in [-0.2, -0.15) is 0 Å². The number of ether oxygens (including phenoxy) is 1. The number of hydrogen-bond acceptors (Lipinski definition) is 6. The normalized spacial score (nSPS) is 11.3. The molecule has 4 aromatic rings. The first-order valence-electron chi connectivity index (χ1n) is 10.2. The van der Waals surface area contributed by atoms with E-state index in [4.69, 9.17) is 32.8 Å². The number of hydrogen-bond donors (Lipinski definition) is 1. The van der Waals surface area contributed by atoms with Gasteiger partial charge in [0.1, 0.15) is 6.61 Å². The Labute approximate surface area is 211 Å². The molecule has 0 aliphatic heterocycles. The van der Waals surface area contributed by atoms with E-state index in [2.05, 4.69) is 0 Å². The fourth-order valence-electron chi connectivity index (χ4n) is 3.37. The Morgan fingerprint density at radius 3 is 2.46 bits per heavy atom. The van der Waals surface area contributed by atoms with Gasteiger partial charge in [0.05, 0.1) is 21.0 Å². The van der Waals surface area contributed by atoms with Gasteiger partial charge in [-0.15, -0.1) is 5.48 Å². The molecule has 35 heavy (non-hydrogen) atoms. The van der Waals surface area contributed by atoms with Gasteiger partial charge in [0.2, 0.25) is 0 Å².